The fourth-order valence-corrected chi connectivity index (χ4v) is 4.26. The van der Waals surface area contributed by atoms with Gasteiger partial charge in [0, 0.05) is 47.3 Å². The molecule has 0 radical (unpaired) electrons. The molecule has 1 aromatic carbocycles. The topological polar surface area (TPSA) is 98.2 Å². The number of fused-ring (bicyclic) bond motifs is 3. The summed E-state index contributed by atoms with van der Waals surface area (Å²) < 4.78 is 79.9. The minimum Gasteiger partial charge on any atom is -0.396 e. The standard InChI is InChI=1S/C20H18ClF6N5O2/c21-10-1-2-13-12(6-10)11-3-4-32(14(15(11)28-13)5-9(7-33)8-34)18-30-16(19(22,23)24)29-17(31-18)20(25,26)27/h1-2,6,9,14,28,33-34H,3-5,7-8H2/t14-/m0/s1. The molecular weight excluding hydrogens is 492 g/mol. The molecule has 0 fully saturated rings. The molecule has 0 saturated heterocycles. The Kier molecular flexibility index (Phi) is 6.38. The van der Waals surface area contributed by atoms with Gasteiger partial charge in [-0.05, 0) is 36.6 Å². The van der Waals surface area contributed by atoms with Crippen LogP contribution in [-0.4, -0.2) is 49.9 Å². The Morgan fingerprint density at radius 3 is 2.21 bits per heavy atom. The Balaban J connectivity index is 1.88. The van der Waals surface area contributed by atoms with Crippen LogP contribution in [0.1, 0.15) is 35.4 Å². The predicted octanol–water partition coefficient (Wildman–Crippen LogP) is 4.14. The van der Waals surface area contributed by atoms with Gasteiger partial charge in [0.2, 0.25) is 17.6 Å². The average Bonchev–Trinajstić information content (AvgIpc) is 3.14. The minimum absolute atomic E-state index is 0.00887. The molecule has 0 unspecified atom stereocenters. The lowest BCUT2D eigenvalue weighted by atomic mass is 9.91. The number of alkyl halides is 6. The molecule has 184 valence electrons. The molecule has 0 aliphatic carbocycles. The highest BCUT2D eigenvalue weighted by molar-refractivity contribution is 6.31. The first-order valence-electron chi connectivity index (χ1n) is 10.1. The number of aromatic amines is 1. The van der Waals surface area contributed by atoms with Crippen LogP contribution in [-0.2, 0) is 18.8 Å². The summed E-state index contributed by atoms with van der Waals surface area (Å²) in [6.07, 6.45) is -10.2. The van der Waals surface area contributed by atoms with Crippen molar-refractivity contribution in [2.24, 2.45) is 5.92 Å². The van der Waals surface area contributed by atoms with E-state index in [-0.39, 0.29) is 19.4 Å². The van der Waals surface area contributed by atoms with Crippen LogP contribution in [0.5, 0.6) is 0 Å². The molecule has 2 aromatic heterocycles. The lowest BCUT2D eigenvalue weighted by Gasteiger charge is -2.37. The first-order valence-corrected chi connectivity index (χ1v) is 10.5. The van der Waals surface area contributed by atoms with Crippen molar-refractivity contribution in [1.82, 2.24) is 19.9 Å². The molecule has 0 amide bonds. The molecule has 3 N–H and O–H groups in total. The van der Waals surface area contributed by atoms with Crippen molar-refractivity contribution in [3.63, 3.8) is 0 Å². The second-order valence-electron chi connectivity index (χ2n) is 7.91. The highest BCUT2D eigenvalue weighted by Gasteiger charge is 2.43. The van der Waals surface area contributed by atoms with Crippen LogP contribution < -0.4 is 4.90 Å². The summed E-state index contributed by atoms with van der Waals surface area (Å²) >= 11 is 6.10. The van der Waals surface area contributed by atoms with E-state index in [1.54, 1.807) is 18.2 Å². The number of nitrogens with zero attached hydrogens (tertiary/aromatic N) is 4. The Bertz CT molecular complexity index is 1160. The van der Waals surface area contributed by atoms with Crippen molar-refractivity contribution >= 4 is 28.5 Å². The van der Waals surface area contributed by atoms with Crippen LogP contribution >= 0.6 is 11.6 Å². The number of anilines is 1. The van der Waals surface area contributed by atoms with Crippen LogP contribution in [0.3, 0.4) is 0 Å². The van der Waals surface area contributed by atoms with Gasteiger partial charge in [-0.15, -0.1) is 0 Å². The first kappa shape index (κ1) is 24.5. The molecular formula is C20H18ClF6N5O2. The van der Waals surface area contributed by atoms with Gasteiger partial charge in [-0.1, -0.05) is 11.6 Å². The number of benzene rings is 1. The van der Waals surface area contributed by atoms with Crippen molar-refractivity contribution in [1.29, 1.82) is 0 Å². The third-order valence-electron chi connectivity index (χ3n) is 5.67. The number of hydrogen-bond donors (Lipinski definition) is 3. The fourth-order valence-electron chi connectivity index (χ4n) is 4.09. The van der Waals surface area contributed by atoms with Gasteiger partial charge in [0.25, 0.3) is 0 Å². The summed E-state index contributed by atoms with van der Waals surface area (Å²) in [5, 5.41) is 20.4. The molecule has 4 rings (SSSR count). The molecule has 3 heterocycles. The zero-order valence-electron chi connectivity index (χ0n) is 17.3. The second kappa shape index (κ2) is 8.86. The summed E-state index contributed by atoms with van der Waals surface area (Å²) in [5.74, 6) is -5.41. The van der Waals surface area contributed by atoms with E-state index >= 15 is 0 Å². The SMILES string of the molecule is OCC(CO)C[C@H]1c2[nH]c3ccc(Cl)cc3c2CCN1c1nc(C(F)(F)F)nc(C(F)(F)F)n1. The van der Waals surface area contributed by atoms with Gasteiger partial charge in [-0.25, -0.2) is 4.98 Å². The quantitative estimate of drug-likeness (QED) is 0.447. The van der Waals surface area contributed by atoms with Crippen molar-refractivity contribution in [3.8, 4) is 0 Å². The van der Waals surface area contributed by atoms with E-state index in [1.807, 2.05) is 0 Å². The lowest BCUT2D eigenvalue weighted by molar-refractivity contribution is -0.155. The number of aliphatic hydroxyl groups is 2. The summed E-state index contributed by atoms with van der Waals surface area (Å²) in [6.45, 7) is -0.901. The second-order valence-corrected chi connectivity index (χ2v) is 8.35. The Morgan fingerprint density at radius 2 is 1.65 bits per heavy atom. The maximum Gasteiger partial charge on any atom is 0.451 e. The average molecular weight is 510 g/mol. The highest BCUT2D eigenvalue weighted by atomic mass is 35.5. The van der Waals surface area contributed by atoms with Crippen LogP contribution in [0.4, 0.5) is 32.3 Å². The van der Waals surface area contributed by atoms with Crippen LogP contribution in [0.15, 0.2) is 18.2 Å². The molecule has 1 aliphatic rings. The lowest BCUT2D eigenvalue weighted by Crippen LogP contribution is -2.39. The van der Waals surface area contributed by atoms with Gasteiger partial charge in [0.15, 0.2) is 0 Å². The normalized spacial score (nSPS) is 17.0. The van der Waals surface area contributed by atoms with Gasteiger partial charge in [0.05, 0.1) is 6.04 Å². The van der Waals surface area contributed by atoms with Crippen molar-refractivity contribution < 1.29 is 36.6 Å². The predicted molar refractivity (Wildman–Crippen MR) is 109 cm³/mol. The minimum atomic E-state index is -5.23. The van der Waals surface area contributed by atoms with Crippen LogP contribution in [0.2, 0.25) is 5.02 Å². The number of halogens is 7. The third-order valence-corrected chi connectivity index (χ3v) is 5.91. The maximum absolute atomic E-state index is 13.3. The van der Waals surface area contributed by atoms with Gasteiger partial charge in [-0.3, -0.25) is 0 Å². The van der Waals surface area contributed by atoms with E-state index < -0.39 is 55.1 Å². The summed E-state index contributed by atoms with van der Waals surface area (Å²) in [6, 6.07) is 4.20. The highest BCUT2D eigenvalue weighted by Crippen LogP contribution is 2.41. The molecule has 0 bridgehead atoms. The number of nitrogens with one attached hydrogen (secondary N) is 1. The monoisotopic (exact) mass is 509 g/mol. The van der Waals surface area contributed by atoms with Gasteiger partial charge >= 0.3 is 12.4 Å². The zero-order chi connectivity index (χ0) is 24.8. The zero-order valence-corrected chi connectivity index (χ0v) is 18.0. The third kappa shape index (κ3) is 4.64. The maximum atomic E-state index is 13.3. The molecule has 0 saturated carbocycles. The van der Waals surface area contributed by atoms with E-state index in [4.69, 9.17) is 11.6 Å². The first-order chi connectivity index (χ1) is 15.9. The van der Waals surface area contributed by atoms with Gasteiger partial charge in [-0.2, -0.15) is 36.3 Å². The number of aromatic nitrogens is 4. The fraction of sp³-hybridized carbons (Fsp3) is 0.450. The van der Waals surface area contributed by atoms with Crippen LogP contribution in [0, 0.1) is 5.92 Å². The largest absolute Gasteiger partial charge is 0.451 e. The molecule has 1 atom stereocenters. The van der Waals surface area contributed by atoms with E-state index in [1.165, 1.54) is 4.90 Å². The summed E-state index contributed by atoms with van der Waals surface area (Å²) in [7, 11) is 0. The van der Waals surface area contributed by atoms with Crippen molar-refractivity contribution in [2.45, 2.75) is 31.2 Å². The molecule has 3 aromatic rings. The van der Waals surface area contributed by atoms with Gasteiger partial charge in [0.1, 0.15) is 0 Å². The summed E-state index contributed by atoms with van der Waals surface area (Å²) in [5.41, 5.74) is 1.97. The Morgan fingerprint density at radius 1 is 1.03 bits per heavy atom. The number of rotatable bonds is 5. The molecule has 1 aliphatic heterocycles. The van der Waals surface area contributed by atoms with Crippen LogP contribution in [0.25, 0.3) is 10.9 Å². The molecule has 14 heteroatoms. The van der Waals surface area contributed by atoms with Crippen molar-refractivity contribution in [3.05, 3.63) is 46.1 Å². The molecule has 7 nitrogen and oxygen atoms in total. The van der Waals surface area contributed by atoms with Crippen molar-refractivity contribution in [2.75, 3.05) is 24.7 Å². The summed E-state index contributed by atoms with van der Waals surface area (Å²) in [4.78, 5) is 13.6. The molecule has 0 spiro atoms. The number of aliphatic hydroxyl groups excluding tert-OH is 2. The Hall–Kier alpha value is -2.64. The number of H-pyrrole nitrogens is 1. The molecule has 34 heavy (non-hydrogen) atoms. The van der Waals surface area contributed by atoms with E-state index in [2.05, 4.69) is 19.9 Å². The van der Waals surface area contributed by atoms with E-state index in [9.17, 15) is 36.6 Å². The van der Waals surface area contributed by atoms with Gasteiger partial charge < -0.3 is 20.1 Å². The smallest absolute Gasteiger partial charge is 0.396 e. The van der Waals surface area contributed by atoms with E-state index in [0.717, 1.165) is 10.9 Å². The Labute approximate surface area is 193 Å². The van der Waals surface area contributed by atoms with E-state index in [0.29, 0.717) is 16.2 Å². The number of hydrogen-bond acceptors (Lipinski definition) is 6.